The Morgan fingerprint density at radius 2 is 1.57 bits per heavy atom. The fraction of sp³-hybridized carbons (Fsp3) is 0.400. The van der Waals surface area contributed by atoms with Crippen molar-refractivity contribution in [1.29, 1.82) is 0 Å². The molecule has 214 valence electrons. The predicted octanol–water partition coefficient (Wildman–Crippen LogP) is 6.18. The second kappa shape index (κ2) is 13.1. The second-order valence-corrected chi connectivity index (χ2v) is 9.89. The van der Waals surface area contributed by atoms with Gasteiger partial charge in [-0.1, -0.05) is 25.1 Å². The highest BCUT2D eigenvalue weighted by molar-refractivity contribution is 5.99. The quantitative estimate of drug-likeness (QED) is 0.330. The summed E-state index contributed by atoms with van der Waals surface area (Å²) < 4.78 is 47.3. The molecule has 2 aromatic carbocycles. The predicted molar refractivity (Wildman–Crippen MR) is 151 cm³/mol. The van der Waals surface area contributed by atoms with Gasteiger partial charge in [-0.2, -0.15) is 13.2 Å². The van der Waals surface area contributed by atoms with Crippen LogP contribution in [0.25, 0.3) is 0 Å². The molecule has 10 heteroatoms. The van der Waals surface area contributed by atoms with E-state index in [1.807, 2.05) is 43.1 Å². The van der Waals surface area contributed by atoms with Crippen LogP contribution in [0.15, 0.2) is 54.7 Å². The summed E-state index contributed by atoms with van der Waals surface area (Å²) in [6, 6.07) is 12.6. The zero-order valence-corrected chi connectivity index (χ0v) is 23.1. The average Bonchev–Trinajstić information content (AvgIpc) is 2.92. The van der Waals surface area contributed by atoms with Crippen LogP contribution >= 0.6 is 0 Å². The number of halogens is 3. The Bertz CT molecular complexity index is 1290. The third-order valence-corrected chi connectivity index (χ3v) is 7.00. The Morgan fingerprint density at radius 3 is 2.23 bits per heavy atom. The number of likely N-dealkylation sites (N-methyl/N-ethyl adjacent to an activating group) is 1. The number of carbonyl (C=O) groups excluding carboxylic acids is 1. The van der Waals surface area contributed by atoms with Crippen LogP contribution in [0.1, 0.15) is 41.8 Å². The molecule has 0 aliphatic carbocycles. The Hall–Kier alpha value is -3.63. The first-order chi connectivity index (χ1) is 19.1. The van der Waals surface area contributed by atoms with Crippen molar-refractivity contribution in [3.8, 4) is 5.75 Å². The van der Waals surface area contributed by atoms with Gasteiger partial charge in [-0.05, 0) is 73.8 Å². The summed E-state index contributed by atoms with van der Waals surface area (Å²) in [5.74, 6) is 0.756. The summed E-state index contributed by atoms with van der Waals surface area (Å²) in [6.45, 7) is 10.8. The average molecular weight is 556 g/mol. The van der Waals surface area contributed by atoms with Crippen molar-refractivity contribution in [3.63, 3.8) is 0 Å². The third-order valence-electron chi connectivity index (χ3n) is 7.00. The number of hydrogen-bond acceptors (Lipinski definition) is 5. The zero-order chi connectivity index (χ0) is 28.7. The number of alkyl halides is 3. The fourth-order valence-corrected chi connectivity index (χ4v) is 4.75. The minimum Gasteiger partial charge on any atom is -0.492 e. The van der Waals surface area contributed by atoms with E-state index in [1.54, 1.807) is 12.1 Å². The van der Waals surface area contributed by atoms with Gasteiger partial charge in [0, 0.05) is 50.3 Å². The van der Waals surface area contributed by atoms with E-state index in [4.69, 9.17) is 4.74 Å². The van der Waals surface area contributed by atoms with E-state index in [0.29, 0.717) is 18.7 Å². The van der Waals surface area contributed by atoms with Gasteiger partial charge in [0.2, 0.25) is 0 Å². The van der Waals surface area contributed by atoms with Gasteiger partial charge in [0.1, 0.15) is 5.75 Å². The highest BCUT2D eigenvalue weighted by Crippen LogP contribution is 2.34. The second-order valence-electron chi connectivity index (χ2n) is 9.89. The van der Waals surface area contributed by atoms with E-state index in [2.05, 4.69) is 27.4 Å². The molecule has 0 saturated carbocycles. The number of urea groups is 1. The summed E-state index contributed by atoms with van der Waals surface area (Å²) in [6.07, 6.45) is -2.08. The largest absolute Gasteiger partial charge is 0.492 e. The monoisotopic (exact) mass is 555 g/mol. The van der Waals surface area contributed by atoms with E-state index in [0.717, 1.165) is 61.4 Å². The number of aryl methyl sites for hydroxylation is 1. The number of aromatic nitrogens is 1. The van der Waals surface area contributed by atoms with Crippen molar-refractivity contribution in [3.05, 3.63) is 82.7 Å². The molecule has 1 saturated heterocycles. The van der Waals surface area contributed by atoms with Gasteiger partial charge in [-0.3, -0.25) is 9.88 Å². The number of carbonyl (C=O) groups is 1. The number of benzene rings is 2. The van der Waals surface area contributed by atoms with Crippen molar-refractivity contribution >= 4 is 17.4 Å². The maximum absolute atomic E-state index is 13.9. The first-order valence-electron chi connectivity index (χ1n) is 13.5. The number of ether oxygens (including phenoxy) is 1. The van der Waals surface area contributed by atoms with Gasteiger partial charge in [0.05, 0.1) is 17.9 Å². The molecule has 0 spiro atoms. The smallest absolute Gasteiger partial charge is 0.416 e. The normalized spacial score (nSPS) is 14.7. The van der Waals surface area contributed by atoms with Gasteiger partial charge in [0.25, 0.3) is 0 Å². The van der Waals surface area contributed by atoms with Crippen LogP contribution in [0.5, 0.6) is 5.75 Å². The molecule has 1 aliphatic rings. The first kappa shape index (κ1) is 29.4. The Balaban J connectivity index is 1.36. The number of amides is 2. The van der Waals surface area contributed by atoms with Crippen molar-refractivity contribution in [2.45, 2.75) is 39.9 Å². The van der Waals surface area contributed by atoms with Gasteiger partial charge in [-0.15, -0.1) is 0 Å². The van der Waals surface area contributed by atoms with Crippen molar-refractivity contribution < 1.29 is 22.7 Å². The number of nitrogens with one attached hydrogen (secondary N) is 2. The molecule has 2 amide bonds. The standard InChI is InChI=1S/C30H36F3N5O2/c1-4-37-12-14-38(15-13-37)20-24-8-11-26(18-27(24)30(31,32)33)36-29(39)35-25-9-6-22(7-10-25)16-23-17-28(40-5-2)21(3)34-19-23/h6-11,17-19H,4-5,12-16,20H2,1-3H3,(H2,35,36,39). The first-order valence-corrected chi connectivity index (χ1v) is 13.5. The maximum Gasteiger partial charge on any atom is 0.416 e. The minimum absolute atomic E-state index is 0.0815. The SMILES string of the molecule is CCOc1cc(Cc2ccc(NC(=O)Nc3ccc(CN4CCN(CC)CC4)c(C(F)(F)F)c3)cc2)cnc1C. The highest BCUT2D eigenvalue weighted by Gasteiger charge is 2.34. The number of pyridine rings is 1. The van der Waals surface area contributed by atoms with Crippen LogP contribution in [0.4, 0.5) is 29.3 Å². The molecule has 2 N–H and O–H groups in total. The van der Waals surface area contributed by atoms with Gasteiger partial charge < -0.3 is 20.3 Å². The molecule has 0 bridgehead atoms. The zero-order valence-electron chi connectivity index (χ0n) is 23.1. The lowest BCUT2D eigenvalue weighted by Gasteiger charge is -2.34. The lowest BCUT2D eigenvalue weighted by atomic mass is 10.0. The summed E-state index contributed by atoms with van der Waals surface area (Å²) in [5.41, 5.74) is 2.93. The van der Waals surface area contributed by atoms with Crippen molar-refractivity contribution in [2.24, 2.45) is 0 Å². The van der Waals surface area contributed by atoms with E-state index in [9.17, 15) is 18.0 Å². The number of piperazine rings is 1. The molecule has 0 atom stereocenters. The summed E-state index contributed by atoms with van der Waals surface area (Å²) in [4.78, 5) is 21.3. The van der Waals surface area contributed by atoms with Crippen molar-refractivity contribution in [2.75, 3.05) is 50.0 Å². The van der Waals surface area contributed by atoms with E-state index in [-0.39, 0.29) is 17.8 Å². The summed E-state index contributed by atoms with van der Waals surface area (Å²) in [5, 5.41) is 5.22. The third kappa shape index (κ3) is 7.95. The molecule has 0 unspecified atom stereocenters. The molecular weight excluding hydrogens is 519 g/mol. The Morgan fingerprint density at radius 1 is 0.925 bits per heavy atom. The molecule has 3 aromatic rings. The van der Waals surface area contributed by atoms with Crippen LogP contribution in [0.3, 0.4) is 0 Å². The van der Waals surface area contributed by atoms with Crippen LogP contribution in [-0.4, -0.2) is 60.1 Å². The molecule has 2 heterocycles. The molecule has 1 fully saturated rings. The lowest BCUT2D eigenvalue weighted by molar-refractivity contribution is -0.138. The molecule has 1 aliphatic heterocycles. The minimum atomic E-state index is -4.53. The van der Waals surface area contributed by atoms with E-state index in [1.165, 1.54) is 12.1 Å². The number of nitrogens with zero attached hydrogens (tertiary/aromatic N) is 3. The molecule has 40 heavy (non-hydrogen) atoms. The van der Waals surface area contributed by atoms with E-state index >= 15 is 0 Å². The molecule has 7 nitrogen and oxygen atoms in total. The molecule has 1 aromatic heterocycles. The van der Waals surface area contributed by atoms with Crippen LogP contribution in [0, 0.1) is 6.92 Å². The topological polar surface area (TPSA) is 69.7 Å². The number of anilines is 2. The molecule has 0 radical (unpaired) electrons. The highest BCUT2D eigenvalue weighted by atomic mass is 19.4. The van der Waals surface area contributed by atoms with Gasteiger partial charge >= 0.3 is 12.2 Å². The molecule has 4 rings (SSSR count). The van der Waals surface area contributed by atoms with Gasteiger partial charge in [0.15, 0.2) is 0 Å². The Kier molecular flexibility index (Phi) is 9.65. The lowest BCUT2D eigenvalue weighted by Crippen LogP contribution is -2.45. The molecular formula is C30H36F3N5O2. The summed E-state index contributed by atoms with van der Waals surface area (Å²) >= 11 is 0. The van der Waals surface area contributed by atoms with Crippen molar-refractivity contribution in [1.82, 2.24) is 14.8 Å². The Labute approximate surface area is 233 Å². The summed E-state index contributed by atoms with van der Waals surface area (Å²) in [7, 11) is 0. The fourth-order valence-electron chi connectivity index (χ4n) is 4.75. The van der Waals surface area contributed by atoms with Gasteiger partial charge in [-0.25, -0.2) is 4.79 Å². The van der Waals surface area contributed by atoms with Crippen LogP contribution in [-0.2, 0) is 19.1 Å². The van der Waals surface area contributed by atoms with Crippen LogP contribution < -0.4 is 15.4 Å². The maximum atomic E-state index is 13.9. The number of rotatable bonds is 9. The van der Waals surface area contributed by atoms with Crippen LogP contribution in [0.2, 0.25) is 0 Å². The van der Waals surface area contributed by atoms with E-state index < -0.39 is 17.8 Å². The number of hydrogen-bond donors (Lipinski definition) is 2.